The van der Waals surface area contributed by atoms with Gasteiger partial charge in [-0.1, -0.05) is 0 Å². The van der Waals surface area contributed by atoms with Gasteiger partial charge >= 0.3 is 0 Å². The molecule has 3 nitrogen and oxygen atoms in total. The third-order valence-electron chi connectivity index (χ3n) is 3.85. The molecule has 15 heavy (non-hydrogen) atoms. The van der Waals surface area contributed by atoms with Gasteiger partial charge in [0.25, 0.3) is 0 Å². The molecule has 3 rings (SSSR count). The summed E-state index contributed by atoms with van der Waals surface area (Å²) < 4.78 is 2.41. The molecular formula is C12H19N3. The van der Waals surface area contributed by atoms with Crippen LogP contribution in [-0.4, -0.2) is 16.1 Å². The fourth-order valence-corrected chi connectivity index (χ4v) is 2.66. The number of imidazole rings is 1. The number of nitrogens with two attached hydrogens (primary N) is 1. The zero-order valence-electron chi connectivity index (χ0n) is 9.37. The van der Waals surface area contributed by atoms with E-state index >= 15 is 0 Å². The van der Waals surface area contributed by atoms with Crippen LogP contribution >= 0.6 is 0 Å². The highest BCUT2D eigenvalue weighted by atomic mass is 15.1. The number of hydrogen-bond acceptors (Lipinski definition) is 2. The van der Waals surface area contributed by atoms with E-state index in [0.717, 1.165) is 25.4 Å². The van der Waals surface area contributed by atoms with Crippen molar-refractivity contribution >= 4 is 0 Å². The van der Waals surface area contributed by atoms with Crippen LogP contribution in [0, 0.1) is 12.8 Å². The SMILES string of the molecule is Cc1c(C2CC2)nc2n1CC(CN)CC2. The van der Waals surface area contributed by atoms with Gasteiger partial charge in [0.05, 0.1) is 5.69 Å². The summed E-state index contributed by atoms with van der Waals surface area (Å²) in [6, 6.07) is 0. The Morgan fingerprint density at radius 2 is 2.20 bits per heavy atom. The molecule has 0 radical (unpaired) electrons. The molecule has 0 amide bonds. The van der Waals surface area contributed by atoms with Crippen molar-refractivity contribution in [2.24, 2.45) is 11.7 Å². The van der Waals surface area contributed by atoms with Crippen LogP contribution in [0.15, 0.2) is 0 Å². The lowest BCUT2D eigenvalue weighted by molar-refractivity contribution is 0.369. The van der Waals surface area contributed by atoms with Crippen LogP contribution in [0.2, 0.25) is 0 Å². The number of aromatic nitrogens is 2. The van der Waals surface area contributed by atoms with Crippen molar-refractivity contribution in [3.05, 3.63) is 17.2 Å². The van der Waals surface area contributed by atoms with E-state index in [1.54, 1.807) is 0 Å². The maximum Gasteiger partial charge on any atom is 0.109 e. The lowest BCUT2D eigenvalue weighted by Gasteiger charge is -2.23. The summed E-state index contributed by atoms with van der Waals surface area (Å²) >= 11 is 0. The average molecular weight is 205 g/mol. The molecule has 1 fully saturated rings. The van der Waals surface area contributed by atoms with Crippen molar-refractivity contribution in [2.75, 3.05) is 6.54 Å². The first-order valence-electron chi connectivity index (χ1n) is 6.05. The van der Waals surface area contributed by atoms with Gasteiger partial charge in [-0.25, -0.2) is 4.98 Å². The second kappa shape index (κ2) is 3.34. The van der Waals surface area contributed by atoms with E-state index in [4.69, 9.17) is 10.7 Å². The third-order valence-corrected chi connectivity index (χ3v) is 3.85. The van der Waals surface area contributed by atoms with Crippen molar-refractivity contribution in [2.45, 2.75) is 45.1 Å². The molecule has 0 aromatic carbocycles. The molecule has 1 saturated carbocycles. The van der Waals surface area contributed by atoms with Crippen molar-refractivity contribution in [1.82, 2.24) is 9.55 Å². The molecule has 2 aliphatic rings. The molecule has 1 aromatic heterocycles. The molecule has 2 heterocycles. The van der Waals surface area contributed by atoms with E-state index in [1.165, 1.54) is 36.5 Å². The number of nitrogens with zero attached hydrogens (tertiary/aromatic N) is 2. The molecule has 2 N–H and O–H groups in total. The number of aryl methyl sites for hydroxylation is 1. The van der Waals surface area contributed by atoms with Gasteiger partial charge in [-0.15, -0.1) is 0 Å². The minimum atomic E-state index is 0.664. The Kier molecular flexibility index (Phi) is 2.09. The normalized spacial score (nSPS) is 25.3. The molecule has 82 valence electrons. The molecule has 3 heteroatoms. The van der Waals surface area contributed by atoms with Gasteiger partial charge in [0.15, 0.2) is 0 Å². The predicted octanol–water partition coefficient (Wildman–Crippen LogP) is 1.59. The molecule has 1 aliphatic carbocycles. The molecule has 0 saturated heterocycles. The van der Waals surface area contributed by atoms with Crippen LogP contribution in [0.5, 0.6) is 0 Å². The average Bonchev–Trinajstić information content (AvgIpc) is 3.05. The van der Waals surface area contributed by atoms with Gasteiger partial charge in [0.2, 0.25) is 0 Å². The molecule has 1 aromatic rings. The summed E-state index contributed by atoms with van der Waals surface area (Å²) in [5.41, 5.74) is 8.54. The molecule has 0 bridgehead atoms. The lowest BCUT2D eigenvalue weighted by atomic mass is 10.00. The monoisotopic (exact) mass is 205 g/mol. The highest BCUT2D eigenvalue weighted by Gasteiger charge is 2.31. The number of rotatable bonds is 2. The van der Waals surface area contributed by atoms with Crippen LogP contribution in [0.1, 0.15) is 42.4 Å². The minimum Gasteiger partial charge on any atom is -0.332 e. The Balaban J connectivity index is 1.94. The standard InChI is InChI=1S/C12H19N3/c1-8-12(10-3-4-10)14-11-5-2-9(6-13)7-15(8)11/h9-10H,2-7,13H2,1H3. The second-order valence-electron chi connectivity index (χ2n) is 5.02. The summed E-state index contributed by atoms with van der Waals surface area (Å²) in [6.07, 6.45) is 5.03. The van der Waals surface area contributed by atoms with Gasteiger partial charge in [-0.3, -0.25) is 0 Å². The van der Waals surface area contributed by atoms with E-state index in [0.29, 0.717) is 5.92 Å². The maximum atomic E-state index is 5.76. The zero-order chi connectivity index (χ0) is 10.4. The summed E-state index contributed by atoms with van der Waals surface area (Å²) in [6.45, 7) is 4.14. The summed E-state index contributed by atoms with van der Waals surface area (Å²) in [7, 11) is 0. The Morgan fingerprint density at radius 3 is 2.87 bits per heavy atom. The van der Waals surface area contributed by atoms with Crippen molar-refractivity contribution in [3.63, 3.8) is 0 Å². The number of hydrogen-bond donors (Lipinski definition) is 1. The summed E-state index contributed by atoms with van der Waals surface area (Å²) in [5.74, 6) is 2.75. The van der Waals surface area contributed by atoms with Crippen LogP contribution in [0.3, 0.4) is 0 Å². The number of fused-ring (bicyclic) bond motifs is 1. The molecule has 1 unspecified atom stereocenters. The topological polar surface area (TPSA) is 43.8 Å². The van der Waals surface area contributed by atoms with E-state index in [1.807, 2.05) is 0 Å². The Bertz CT molecular complexity index is 376. The first-order valence-corrected chi connectivity index (χ1v) is 6.05. The predicted molar refractivity (Wildman–Crippen MR) is 59.8 cm³/mol. The first-order chi connectivity index (χ1) is 7.29. The van der Waals surface area contributed by atoms with Crippen molar-refractivity contribution in [1.29, 1.82) is 0 Å². The Hall–Kier alpha value is -0.830. The highest BCUT2D eigenvalue weighted by molar-refractivity contribution is 5.24. The van der Waals surface area contributed by atoms with Gasteiger partial charge in [-0.05, 0) is 38.6 Å². The fraction of sp³-hybridized carbons (Fsp3) is 0.750. The van der Waals surface area contributed by atoms with Crippen molar-refractivity contribution in [3.8, 4) is 0 Å². The van der Waals surface area contributed by atoms with E-state index in [-0.39, 0.29) is 0 Å². The summed E-state index contributed by atoms with van der Waals surface area (Å²) in [5, 5.41) is 0. The van der Waals surface area contributed by atoms with Gasteiger partial charge in [-0.2, -0.15) is 0 Å². The fourth-order valence-electron chi connectivity index (χ4n) is 2.66. The smallest absolute Gasteiger partial charge is 0.109 e. The summed E-state index contributed by atoms with van der Waals surface area (Å²) in [4.78, 5) is 4.80. The van der Waals surface area contributed by atoms with E-state index < -0.39 is 0 Å². The minimum absolute atomic E-state index is 0.664. The molecule has 1 atom stereocenters. The molecule has 0 spiro atoms. The lowest BCUT2D eigenvalue weighted by Crippen LogP contribution is -2.26. The maximum absolute atomic E-state index is 5.76. The highest BCUT2D eigenvalue weighted by Crippen LogP contribution is 2.41. The van der Waals surface area contributed by atoms with Gasteiger partial charge in [0.1, 0.15) is 5.82 Å². The zero-order valence-corrected chi connectivity index (χ0v) is 9.37. The largest absolute Gasteiger partial charge is 0.332 e. The van der Waals surface area contributed by atoms with E-state index in [2.05, 4.69) is 11.5 Å². The van der Waals surface area contributed by atoms with Crippen LogP contribution in [0.4, 0.5) is 0 Å². The van der Waals surface area contributed by atoms with Crippen LogP contribution < -0.4 is 5.73 Å². The van der Waals surface area contributed by atoms with Gasteiger partial charge in [0, 0.05) is 24.6 Å². The Labute approximate surface area is 90.7 Å². The third kappa shape index (κ3) is 1.49. The molecule has 1 aliphatic heterocycles. The Morgan fingerprint density at radius 1 is 1.40 bits per heavy atom. The quantitative estimate of drug-likeness (QED) is 0.796. The van der Waals surface area contributed by atoms with E-state index in [9.17, 15) is 0 Å². The first kappa shape index (κ1) is 9.40. The van der Waals surface area contributed by atoms with Crippen molar-refractivity contribution < 1.29 is 0 Å². The molecular weight excluding hydrogens is 186 g/mol. The van der Waals surface area contributed by atoms with Crippen LogP contribution in [0.25, 0.3) is 0 Å². The second-order valence-corrected chi connectivity index (χ2v) is 5.02. The van der Waals surface area contributed by atoms with Gasteiger partial charge < -0.3 is 10.3 Å². The van der Waals surface area contributed by atoms with Crippen LogP contribution in [-0.2, 0) is 13.0 Å².